The van der Waals surface area contributed by atoms with Gasteiger partial charge in [0.15, 0.2) is 0 Å². The van der Waals surface area contributed by atoms with Crippen molar-refractivity contribution in [3.63, 3.8) is 0 Å². The van der Waals surface area contributed by atoms with E-state index in [0.29, 0.717) is 39.3 Å². The minimum atomic E-state index is -0.615. The summed E-state index contributed by atoms with van der Waals surface area (Å²) in [5.74, 6) is 7.78. The van der Waals surface area contributed by atoms with Crippen molar-refractivity contribution >= 4 is 23.9 Å². The molecular weight excluding hydrogens is 809 g/mol. The molecule has 64 heavy (non-hydrogen) atoms. The summed E-state index contributed by atoms with van der Waals surface area (Å²) in [7, 11) is 0. The maximum Gasteiger partial charge on any atom is 0.318 e. The highest BCUT2D eigenvalue weighted by Gasteiger charge is 2.39. The fourth-order valence-corrected chi connectivity index (χ4v) is 9.11. The third-order valence-electron chi connectivity index (χ3n) is 12.9. The van der Waals surface area contributed by atoms with Crippen LogP contribution in [0.25, 0.3) is 22.5 Å². The van der Waals surface area contributed by atoms with Gasteiger partial charge in [0.25, 0.3) is 0 Å². The number of benzene rings is 2. The number of carbonyl (C=O) groups is 4. The molecule has 8 rings (SSSR count). The Morgan fingerprint density at radius 1 is 0.578 bits per heavy atom. The average molecular weight is 871 g/mol. The first-order chi connectivity index (χ1) is 31.0. The summed E-state index contributed by atoms with van der Waals surface area (Å²) in [4.78, 5) is 77.6. The molecule has 16 heteroatoms. The molecule has 0 unspecified atom stereocenters. The Kier molecular flexibility index (Phi) is 14.0. The number of aromatic nitrogens is 4. The van der Waals surface area contributed by atoms with Gasteiger partial charge in [-0.1, -0.05) is 63.8 Å². The van der Waals surface area contributed by atoms with Crippen LogP contribution < -0.4 is 21.3 Å². The molecule has 0 radical (unpaired) electrons. The Balaban J connectivity index is 0.866. The van der Waals surface area contributed by atoms with Crippen LogP contribution in [-0.2, 0) is 9.59 Å². The van der Waals surface area contributed by atoms with Crippen molar-refractivity contribution < 1.29 is 19.2 Å². The molecule has 338 valence electrons. The Bertz CT molecular complexity index is 2160. The number of aromatic amines is 2. The summed E-state index contributed by atoms with van der Waals surface area (Å²) in [5.41, 5.74) is 5.41. The van der Waals surface area contributed by atoms with Crippen LogP contribution in [0.3, 0.4) is 0 Å². The van der Waals surface area contributed by atoms with Crippen LogP contribution in [0.5, 0.6) is 0 Å². The number of piperazine rings is 2. The number of hydrogen-bond acceptors (Lipinski definition) is 8. The predicted octanol–water partition coefficient (Wildman–Crippen LogP) is 4.47. The molecule has 0 spiro atoms. The first kappa shape index (κ1) is 44.4. The van der Waals surface area contributed by atoms with Gasteiger partial charge in [0.2, 0.25) is 11.8 Å². The second-order valence-corrected chi connectivity index (χ2v) is 18.0. The number of imidazole rings is 2. The monoisotopic (exact) mass is 871 g/mol. The maximum atomic E-state index is 13.9. The van der Waals surface area contributed by atoms with E-state index in [9.17, 15) is 19.2 Å². The number of amides is 6. The topological polar surface area (TPSA) is 187 Å². The van der Waals surface area contributed by atoms with Gasteiger partial charge in [-0.05, 0) is 72.9 Å². The molecule has 2 aromatic heterocycles. The van der Waals surface area contributed by atoms with Crippen LogP contribution in [0.4, 0.5) is 9.59 Å². The van der Waals surface area contributed by atoms with Crippen LogP contribution >= 0.6 is 0 Å². The van der Waals surface area contributed by atoms with E-state index in [1.807, 2.05) is 98.4 Å². The number of nitrogens with one attached hydrogen (secondary N) is 6. The van der Waals surface area contributed by atoms with Gasteiger partial charge >= 0.3 is 12.1 Å². The van der Waals surface area contributed by atoms with Gasteiger partial charge < -0.3 is 50.8 Å². The van der Waals surface area contributed by atoms with E-state index >= 15 is 0 Å². The third-order valence-corrected chi connectivity index (χ3v) is 12.9. The van der Waals surface area contributed by atoms with Crippen LogP contribution in [0.2, 0.25) is 0 Å². The van der Waals surface area contributed by atoms with E-state index in [4.69, 9.17) is 9.97 Å². The summed E-state index contributed by atoms with van der Waals surface area (Å²) in [6, 6.07) is 14.0. The Morgan fingerprint density at radius 3 is 1.31 bits per heavy atom. The maximum absolute atomic E-state index is 13.9. The first-order valence-corrected chi connectivity index (χ1v) is 23.0. The lowest BCUT2D eigenvalue weighted by Crippen LogP contribution is -2.57. The molecule has 0 saturated carbocycles. The van der Waals surface area contributed by atoms with Crippen molar-refractivity contribution in [3.8, 4) is 34.4 Å². The van der Waals surface area contributed by atoms with E-state index in [0.717, 1.165) is 97.2 Å². The average Bonchev–Trinajstić information content (AvgIpc) is 4.17. The Morgan fingerprint density at radius 2 is 0.953 bits per heavy atom. The summed E-state index contributed by atoms with van der Waals surface area (Å²) in [5, 5.41) is 12.6. The molecule has 2 aromatic carbocycles. The number of hydrogen-bond donors (Lipinski definition) is 6. The summed E-state index contributed by atoms with van der Waals surface area (Å²) < 4.78 is 0. The lowest BCUT2D eigenvalue weighted by molar-refractivity contribution is -0.136. The summed E-state index contributed by atoms with van der Waals surface area (Å²) in [6.07, 6.45) is 6.97. The molecule has 6 amide bonds. The third kappa shape index (κ3) is 10.1. The minimum Gasteiger partial charge on any atom is -0.340 e. The van der Waals surface area contributed by atoms with Gasteiger partial charge in [0, 0.05) is 76.6 Å². The normalized spacial score (nSPS) is 20.0. The highest BCUT2D eigenvalue weighted by Crippen LogP contribution is 2.34. The molecule has 4 atom stereocenters. The van der Waals surface area contributed by atoms with Crippen molar-refractivity contribution in [1.29, 1.82) is 0 Å². The number of rotatable bonds is 10. The fraction of sp³-hybridized carbons (Fsp3) is 0.500. The standard InChI is InChI=1S/C48H62N12O4/c1-31(2)41(55-47(63)57-25-19-49-20-26-57)45(61)59-23-5-7-39(59)43-51-29-37(53-43)35-15-11-33(12-16-35)9-10-34-13-17-36(18-14-34)38-30-52-44(54-38)40-8-6-24-60(40)46(62)42(32(3)4)56-48(64)58-27-21-50-22-28-58/h11-18,29-32,39-42,49-50H,5-8,19-28H2,1-4H3,(H,51,53)(H,52,54)(H,55,63)(H,56,64)/t39-,40-,41-,42-/m0/s1. The lowest BCUT2D eigenvalue weighted by atomic mass is 10.0. The van der Waals surface area contributed by atoms with Gasteiger partial charge in [-0.25, -0.2) is 19.6 Å². The first-order valence-electron chi connectivity index (χ1n) is 23.0. The van der Waals surface area contributed by atoms with Gasteiger partial charge in [0.05, 0.1) is 35.9 Å². The predicted molar refractivity (Wildman–Crippen MR) is 245 cm³/mol. The molecule has 4 aromatic rings. The second kappa shape index (κ2) is 20.1. The molecule has 6 N–H and O–H groups in total. The Hall–Kier alpha value is -6.18. The largest absolute Gasteiger partial charge is 0.340 e. The number of nitrogens with zero attached hydrogens (tertiary/aromatic N) is 6. The van der Waals surface area contributed by atoms with Crippen molar-refractivity contribution in [2.75, 3.05) is 65.4 Å². The number of carbonyl (C=O) groups excluding carboxylic acids is 4. The van der Waals surface area contributed by atoms with Gasteiger partial charge in [-0.3, -0.25) is 9.59 Å². The van der Waals surface area contributed by atoms with Crippen molar-refractivity contribution in [1.82, 2.24) is 60.8 Å². The van der Waals surface area contributed by atoms with Gasteiger partial charge in [-0.15, -0.1) is 0 Å². The van der Waals surface area contributed by atoms with Crippen LogP contribution in [0.1, 0.15) is 88.2 Å². The number of likely N-dealkylation sites (tertiary alicyclic amines) is 2. The van der Waals surface area contributed by atoms with Crippen molar-refractivity contribution in [2.24, 2.45) is 11.8 Å². The molecule has 0 bridgehead atoms. The fourth-order valence-electron chi connectivity index (χ4n) is 9.11. The lowest BCUT2D eigenvalue weighted by Gasteiger charge is -2.33. The second-order valence-electron chi connectivity index (χ2n) is 18.0. The Labute approximate surface area is 375 Å². The van der Waals surface area contributed by atoms with E-state index < -0.39 is 12.1 Å². The van der Waals surface area contributed by atoms with E-state index in [2.05, 4.69) is 43.1 Å². The smallest absolute Gasteiger partial charge is 0.318 e. The molecular formula is C48H62N12O4. The molecule has 4 fully saturated rings. The zero-order chi connectivity index (χ0) is 44.7. The molecule has 6 heterocycles. The summed E-state index contributed by atoms with van der Waals surface area (Å²) >= 11 is 0. The number of urea groups is 2. The van der Waals surface area contributed by atoms with Crippen LogP contribution in [-0.4, -0.2) is 141 Å². The SMILES string of the molecule is CC(C)[C@H](NC(=O)N1CCNCC1)C(=O)N1CCC[C@H]1c1ncc(-c2ccc(C#Cc3ccc(-c4cnc([C@@H]5CCCN5C(=O)[C@@H](NC(=O)N5CCNCC5)C(C)C)[nH]4)cc3)cc2)[nH]1. The van der Waals surface area contributed by atoms with E-state index in [1.165, 1.54) is 0 Å². The zero-order valence-electron chi connectivity index (χ0n) is 37.5. The van der Waals surface area contributed by atoms with Crippen molar-refractivity contribution in [2.45, 2.75) is 77.5 Å². The van der Waals surface area contributed by atoms with E-state index in [-0.39, 0.29) is 47.8 Å². The van der Waals surface area contributed by atoms with E-state index in [1.54, 1.807) is 9.80 Å². The molecule has 0 aliphatic carbocycles. The van der Waals surface area contributed by atoms with Crippen LogP contribution in [0, 0.1) is 23.7 Å². The highest BCUT2D eigenvalue weighted by atomic mass is 16.2. The molecule has 4 aliphatic heterocycles. The van der Waals surface area contributed by atoms with Gasteiger partial charge in [-0.2, -0.15) is 0 Å². The zero-order valence-corrected chi connectivity index (χ0v) is 37.5. The van der Waals surface area contributed by atoms with Crippen LogP contribution in [0.15, 0.2) is 60.9 Å². The van der Waals surface area contributed by atoms with Crippen molar-refractivity contribution in [3.05, 3.63) is 83.7 Å². The molecule has 16 nitrogen and oxygen atoms in total. The molecule has 4 aliphatic rings. The summed E-state index contributed by atoms with van der Waals surface area (Å²) in [6.45, 7) is 14.6. The van der Waals surface area contributed by atoms with Gasteiger partial charge in [0.1, 0.15) is 23.7 Å². The highest BCUT2D eigenvalue weighted by molar-refractivity contribution is 5.88. The number of H-pyrrole nitrogens is 2. The quantitative estimate of drug-likeness (QED) is 0.126. The minimum absolute atomic E-state index is 0.0615. The molecule has 4 saturated heterocycles.